The quantitative estimate of drug-likeness (QED) is 0.249. The fourth-order valence-electron chi connectivity index (χ4n) is 2.41. The van der Waals surface area contributed by atoms with Crippen molar-refractivity contribution in [1.29, 1.82) is 0 Å². The van der Waals surface area contributed by atoms with E-state index in [4.69, 9.17) is 10.9 Å². The Kier molecular flexibility index (Phi) is 4.62. The first-order valence-electron chi connectivity index (χ1n) is 6.15. The Bertz CT molecular complexity index is 487. The highest BCUT2D eigenvalue weighted by Gasteiger charge is 2.31. The second-order valence-corrected chi connectivity index (χ2v) is 5.89. The highest BCUT2D eigenvalue weighted by atomic mass is 127. The van der Waals surface area contributed by atoms with Gasteiger partial charge in [-0.3, -0.25) is 4.79 Å². The predicted molar refractivity (Wildman–Crippen MR) is 81.2 cm³/mol. The molecule has 2 atom stereocenters. The second-order valence-electron chi connectivity index (χ2n) is 4.65. The average Bonchev–Trinajstić information content (AvgIpc) is 2.86. The molecular formula is C13H16IN3O2. The molecule has 5 nitrogen and oxygen atoms in total. The summed E-state index contributed by atoms with van der Waals surface area (Å²) in [6, 6.07) is 7.33. The zero-order chi connectivity index (χ0) is 13.8. The van der Waals surface area contributed by atoms with Gasteiger partial charge in [-0.2, -0.15) is 0 Å². The predicted octanol–water partition coefficient (Wildman–Crippen LogP) is 1.94. The number of rotatable bonds is 3. The first kappa shape index (κ1) is 14.1. The van der Waals surface area contributed by atoms with E-state index >= 15 is 0 Å². The Morgan fingerprint density at radius 2 is 2.05 bits per heavy atom. The lowest BCUT2D eigenvalue weighted by molar-refractivity contribution is 0.0933. The second kappa shape index (κ2) is 6.23. The molecule has 6 heteroatoms. The minimum absolute atomic E-state index is 0.0531. The molecule has 19 heavy (non-hydrogen) atoms. The maximum absolute atomic E-state index is 12.1. The maximum Gasteiger partial charge on any atom is 0.251 e. The number of amidine groups is 1. The molecule has 1 aromatic rings. The summed E-state index contributed by atoms with van der Waals surface area (Å²) in [6.07, 6.45) is 2.67. The topological polar surface area (TPSA) is 87.7 Å². The van der Waals surface area contributed by atoms with Crippen LogP contribution < -0.4 is 11.1 Å². The van der Waals surface area contributed by atoms with Crippen LogP contribution in [-0.4, -0.2) is 23.0 Å². The maximum atomic E-state index is 12.1. The molecule has 1 saturated carbocycles. The highest BCUT2D eigenvalue weighted by Crippen LogP contribution is 2.26. The summed E-state index contributed by atoms with van der Waals surface area (Å²) in [7, 11) is 0. The third-order valence-electron chi connectivity index (χ3n) is 3.43. The summed E-state index contributed by atoms with van der Waals surface area (Å²) in [4.78, 5) is 12.1. The number of amides is 1. The average molecular weight is 373 g/mol. The number of hydrogen-bond donors (Lipinski definition) is 3. The van der Waals surface area contributed by atoms with Gasteiger partial charge in [-0.25, -0.2) is 0 Å². The molecule has 0 aliphatic heterocycles. The smallest absolute Gasteiger partial charge is 0.251 e. The zero-order valence-electron chi connectivity index (χ0n) is 10.3. The van der Waals surface area contributed by atoms with E-state index in [1.54, 1.807) is 12.1 Å². The van der Waals surface area contributed by atoms with Crippen LogP contribution in [0.4, 0.5) is 0 Å². The van der Waals surface area contributed by atoms with Gasteiger partial charge in [0.2, 0.25) is 0 Å². The summed E-state index contributed by atoms with van der Waals surface area (Å²) in [6.45, 7) is 0. The fourth-order valence-corrected chi connectivity index (χ4v) is 2.77. The van der Waals surface area contributed by atoms with Gasteiger partial charge in [-0.1, -0.05) is 11.6 Å². The van der Waals surface area contributed by atoms with Gasteiger partial charge >= 0.3 is 0 Å². The van der Waals surface area contributed by atoms with Crippen LogP contribution in [0.5, 0.6) is 0 Å². The van der Waals surface area contributed by atoms with Gasteiger partial charge in [0.15, 0.2) is 0 Å². The van der Waals surface area contributed by atoms with Gasteiger partial charge in [0.05, 0.1) is 0 Å². The number of nitrogens with one attached hydrogen (secondary N) is 1. The number of halogens is 1. The standard InChI is InChI=1S/C13H16IN3O2/c14-9-6-4-8(5-7-9)13(18)16-11-3-1-2-10(11)12(15)17-19/h4-7,10-11,19H,1-3H2,(H2,15,17)(H,16,18). The molecule has 2 unspecified atom stereocenters. The minimum atomic E-state index is -0.112. The van der Waals surface area contributed by atoms with Crippen molar-refractivity contribution in [3.63, 3.8) is 0 Å². The summed E-state index contributed by atoms with van der Waals surface area (Å²) < 4.78 is 1.09. The number of carbonyl (C=O) groups is 1. The van der Waals surface area contributed by atoms with Crippen LogP contribution in [0, 0.1) is 9.49 Å². The summed E-state index contributed by atoms with van der Waals surface area (Å²) in [5.41, 5.74) is 6.28. The van der Waals surface area contributed by atoms with E-state index in [0.717, 1.165) is 22.8 Å². The Hall–Kier alpha value is -1.31. The summed E-state index contributed by atoms with van der Waals surface area (Å²) >= 11 is 2.20. The van der Waals surface area contributed by atoms with E-state index in [1.165, 1.54) is 0 Å². The van der Waals surface area contributed by atoms with E-state index in [1.807, 2.05) is 12.1 Å². The molecular weight excluding hydrogens is 357 g/mol. The van der Waals surface area contributed by atoms with Gasteiger partial charge in [0.25, 0.3) is 5.91 Å². The SMILES string of the molecule is NC(=NO)C1CCCC1NC(=O)c1ccc(I)cc1. The molecule has 1 aliphatic rings. The van der Waals surface area contributed by atoms with Crippen LogP contribution in [0.15, 0.2) is 29.4 Å². The normalized spacial score (nSPS) is 23.3. The first-order chi connectivity index (χ1) is 9.11. The molecule has 1 amide bonds. The lowest BCUT2D eigenvalue weighted by Gasteiger charge is -2.19. The summed E-state index contributed by atoms with van der Waals surface area (Å²) in [5, 5.41) is 14.8. The molecule has 0 saturated heterocycles. The van der Waals surface area contributed by atoms with Gasteiger partial charge in [-0.15, -0.1) is 0 Å². The Morgan fingerprint density at radius 3 is 2.68 bits per heavy atom. The van der Waals surface area contributed by atoms with Crippen molar-refractivity contribution in [3.8, 4) is 0 Å². The molecule has 102 valence electrons. The summed E-state index contributed by atoms with van der Waals surface area (Å²) in [5.74, 6) is 0.0160. The molecule has 0 radical (unpaired) electrons. The van der Waals surface area contributed by atoms with Crippen molar-refractivity contribution >= 4 is 34.3 Å². The Morgan fingerprint density at radius 1 is 1.37 bits per heavy atom. The van der Waals surface area contributed by atoms with E-state index in [2.05, 4.69) is 33.1 Å². The third-order valence-corrected chi connectivity index (χ3v) is 4.15. The number of carbonyl (C=O) groups excluding carboxylic acids is 1. The van der Waals surface area contributed by atoms with Crippen molar-refractivity contribution < 1.29 is 10.0 Å². The van der Waals surface area contributed by atoms with Crippen LogP contribution in [0.3, 0.4) is 0 Å². The van der Waals surface area contributed by atoms with E-state index < -0.39 is 0 Å². The lowest BCUT2D eigenvalue weighted by Crippen LogP contribution is -2.42. The van der Waals surface area contributed by atoms with Crippen LogP contribution in [0.2, 0.25) is 0 Å². The monoisotopic (exact) mass is 373 g/mol. The van der Waals surface area contributed by atoms with E-state index in [-0.39, 0.29) is 23.7 Å². The number of benzene rings is 1. The lowest BCUT2D eigenvalue weighted by atomic mass is 10.0. The van der Waals surface area contributed by atoms with Crippen molar-refractivity contribution in [2.75, 3.05) is 0 Å². The van der Waals surface area contributed by atoms with Crippen molar-refractivity contribution in [2.45, 2.75) is 25.3 Å². The van der Waals surface area contributed by atoms with Gasteiger partial charge < -0.3 is 16.3 Å². The number of nitrogens with two attached hydrogens (primary N) is 1. The molecule has 0 aromatic heterocycles. The molecule has 1 aromatic carbocycles. The Labute approximate surface area is 125 Å². The third kappa shape index (κ3) is 3.37. The van der Waals surface area contributed by atoms with Crippen LogP contribution in [-0.2, 0) is 0 Å². The van der Waals surface area contributed by atoms with Crippen LogP contribution in [0.25, 0.3) is 0 Å². The molecule has 1 aliphatic carbocycles. The minimum Gasteiger partial charge on any atom is -0.409 e. The van der Waals surface area contributed by atoms with Gasteiger partial charge in [0, 0.05) is 21.1 Å². The zero-order valence-corrected chi connectivity index (χ0v) is 12.5. The van der Waals surface area contributed by atoms with E-state index in [9.17, 15) is 4.79 Å². The van der Waals surface area contributed by atoms with Gasteiger partial charge in [-0.05, 0) is 59.7 Å². The van der Waals surface area contributed by atoms with Crippen molar-refractivity contribution in [2.24, 2.45) is 16.8 Å². The highest BCUT2D eigenvalue weighted by molar-refractivity contribution is 14.1. The molecule has 0 spiro atoms. The number of hydrogen-bond acceptors (Lipinski definition) is 3. The van der Waals surface area contributed by atoms with Gasteiger partial charge in [0.1, 0.15) is 5.84 Å². The molecule has 2 rings (SSSR count). The first-order valence-corrected chi connectivity index (χ1v) is 7.23. The van der Waals surface area contributed by atoms with Crippen LogP contribution >= 0.6 is 22.6 Å². The van der Waals surface area contributed by atoms with E-state index in [0.29, 0.717) is 5.56 Å². The Balaban J connectivity index is 2.04. The van der Waals surface area contributed by atoms with Crippen molar-refractivity contribution in [1.82, 2.24) is 5.32 Å². The van der Waals surface area contributed by atoms with Crippen molar-refractivity contribution in [3.05, 3.63) is 33.4 Å². The molecule has 4 N–H and O–H groups in total. The number of oxime groups is 1. The largest absolute Gasteiger partial charge is 0.409 e. The molecule has 1 fully saturated rings. The molecule has 0 bridgehead atoms. The molecule has 0 heterocycles. The number of nitrogens with zero attached hydrogens (tertiary/aromatic N) is 1. The fraction of sp³-hybridized carbons (Fsp3) is 0.385. The van der Waals surface area contributed by atoms with Crippen LogP contribution in [0.1, 0.15) is 29.6 Å².